The number of hydrogen-bond donors (Lipinski definition) is 1. The van der Waals surface area contributed by atoms with E-state index in [4.69, 9.17) is 9.47 Å². The van der Waals surface area contributed by atoms with E-state index in [9.17, 15) is 22.0 Å². The maximum Gasteiger partial charge on any atom is 0.303 e. The number of fused-ring (bicyclic) bond motifs is 1. The molecule has 4 rings (SSSR count). The standard InChI is InChI=1S/C24H29F2N5O5S/c1-5-29(4)37(33,34)28-24(32)20-12-27-22-7-6-18(14-31(20)22)30-13-17(26)11-19(30)16(3)23-21(10-15(2)25)35-8-9-36-23/h6-7,10,12,14,17,19H,3,5,8-9,11,13H2,1-2,4H3,(H,28,32)/b15-10+/t17-,19+/m0/s1. The Balaban J connectivity index is 1.67. The van der Waals surface area contributed by atoms with E-state index >= 15 is 0 Å². The van der Waals surface area contributed by atoms with Crippen LogP contribution in [0.2, 0.25) is 0 Å². The van der Waals surface area contributed by atoms with E-state index in [0.717, 1.165) is 4.31 Å². The summed E-state index contributed by atoms with van der Waals surface area (Å²) >= 11 is 0. The first-order chi connectivity index (χ1) is 17.5. The minimum Gasteiger partial charge on any atom is -0.486 e. The second-order valence-electron chi connectivity index (χ2n) is 8.76. The van der Waals surface area contributed by atoms with Crippen LogP contribution in [0.3, 0.4) is 0 Å². The van der Waals surface area contributed by atoms with Crippen LogP contribution in [0, 0.1) is 0 Å². The van der Waals surface area contributed by atoms with Gasteiger partial charge in [0.15, 0.2) is 11.5 Å². The summed E-state index contributed by atoms with van der Waals surface area (Å²) < 4.78 is 68.7. The van der Waals surface area contributed by atoms with Crippen molar-refractivity contribution >= 4 is 27.5 Å². The second kappa shape index (κ2) is 10.5. The zero-order valence-corrected chi connectivity index (χ0v) is 21.6. The van der Waals surface area contributed by atoms with E-state index in [2.05, 4.69) is 11.6 Å². The van der Waals surface area contributed by atoms with Crippen LogP contribution in [0.1, 0.15) is 30.8 Å². The Morgan fingerprint density at radius 2 is 2.08 bits per heavy atom. The molecule has 2 aromatic rings. The monoisotopic (exact) mass is 537 g/mol. The van der Waals surface area contributed by atoms with Gasteiger partial charge in [0.25, 0.3) is 5.91 Å². The van der Waals surface area contributed by atoms with Gasteiger partial charge in [0, 0.05) is 44.4 Å². The van der Waals surface area contributed by atoms with E-state index < -0.39 is 34.2 Å². The smallest absolute Gasteiger partial charge is 0.303 e. The van der Waals surface area contributed by atoms with E-state index in [1.165, 1.54) is 30.6 Å². The van der Waals surface area contributed by atoms with Crippen molar-refractivity contribution in [3.8, 4) is 0 Å². The third-order valence-corrected chi connectivity index (χ3v) is 7.74. The highest BCUT2D eigenvalue weighted by atomic mass is 32.2. The number of anilines is 1. The molecule has 1 fully saturated rings. The average molecular weight is 538 g/mol. The fraction of sp³-hybridized carbons (Fsp3) is 0.417. The number of pyridine rings is 1. The van der Waals surface area contributed by atoms with Crippen LogP contribution >= 0.6 is 0 Å². The fourth-order valence-corrected chi connectivity index (χ4v) is 5.08. The van der Waals surface area contributed by atoms with Crippen LogP contribution in [-0.4, -0.2) is 73.6 Å². The van der Waals surface area contributed by atoms with Gasteiger partial charge < -0.3 is 14.4 Å². The van der Waals surface area contributed by atoms with Crippen LogP contribution in [0.5, 0.6) is 0 Å². The average Bonchev–Trinajstić information content (AvgIpc) is 3.45. The molecule has 1 N–H and O–H groups in total. The largest absolute Gasteiger partial charge is 0.486 e. The number of nitrogens with zero attached hydrogens (tertiary/aromatic N) is 4. The molecule has 2 atom stereocenters. The summed E-state index contributed by atoms with van der Waals surface area (Å²) in [6.07, 6.45) is 3.01. The number of carbonyl (C=O) groups excluding carboxylic acids is 1. The maximum absolute atomic E-state index is 14.7. The van der Waals surface area contributed by atoms with Crippen LogP contribution in [0.4, 0.5) is 14.5 Å². The van der Waals surface area contributed by atoms with Crippen LogP contribution in [0.15, 0.2) is 60.1 Å². The van der Waals surface area contributed by atoms with E-state index in [-0.39, 0.29) is 49.9 Å². The number of alkyl halides is 1. The van der Waals surface area contributed by atoms with Gasteiger partial charge in [-0.3, -0.25) is 9.20 Å². The van der Waals surface area contributed by atoms with Crippen LogP contribution < -0.4 is 9.62 Å². The summed E-state index contributed by atoms with van der Waals surface area (Å²) in [6, 6.07) is 2.83. The molecule has 0 aromatic carbocycles. The van der Waals surface area contributed by atoms with Crippen molar-refractivity contribution in [2.75, 3.05) is 38.3 Å². The maximum atomic E-state index is 14.7. The zero-order valence-electron chi connectivity index (χ0n) is 20.8. The van der Waals surface area contributed by atoms with E-state index in [0.29, 0.717) is 16.9 Å². The molecule has 4 heterocycles. The molecule has 2 aliphatic rings. The molecule has 2 aromatic heterocycles. The number of allylic oxidation sites excluding steroid dienone is 2. The summed E-state index contributed by atoms with van der Waals surface area (Å²) in [6.45, 7) is 7.76. The highest BCUT2D eigenvalue weighted by Gasteiger charge is 2.37. The predicted octanol–water partition coefficient (Wildman–Crippen LogP) is 2.87. The number of imidazole rings is 1. The Morgan fingerprint density at radius 3 is 2.78 bits per heavy atom. The molecule has 0 aliphatic carbocycles. The highest BCUT2D eigenvalue weighted by molar-refractivity contribution is 7.87. The van der Waals surface area contributed by atoms with Crippen molar-refractivity contribution in [1.29, 1.82) is 0 Å². The molecule has 0 bridgehead atoms. The molecule has 37 heavy (non-hydrogen) atoms. The molecule has 0 spiro atoms. The van der Waals surface area contributed by atoms with Crippen LogP contribution in [-0.2, 0) is 19.7 Å². The minimum absolute atomic E-state index is 0.00568. The summed E-state index contributed by atoms with van der Waals surface area (Å²) in [4.78, 5) is 18.8. The van der Waals surface area contributed by atoms with Crippen molar-refractivity contribution in [1.82, 2.24) is 18.4 Å². The van der Waals surface area contributed by atoms with Gasteiger partial charge in [0.2, 0.25) is 0 Å². The summed E-state index contributed by atoms with van der Waals surface area (Å²) in [5.41, 5.74) is 1.38. The molecular weight excluding hydrogens is 508 g/mol. The molecular formula is C24H29F2N5O5S. The van der Waals surface area contributed by atoms with Gasteiger partial charge in [0.05, 0.1) is 17.9 Å². The molecule has 1 amide bonds. The number of ether oxygens (including phenoxy) is 2. The Morgan fingerprint density at radius 1 is 1.35 bits per heavy atom. The molecule has 0 radical (unpaired) electrons. The summed E-state index contributed by atoms with van der Waals surface area (Å²) in [7, 11) is -2.68. The normalized spacial score (nSPS) is 20.8. The Hall–Kier alpha value is -3.45. The van der Waals surface area contributed by atoms with Crippen molar-refractivity contribution in [2.24, 2.45) is 0 Å². The lowest BCUT2D eigenvalue weighted by molar-refractivity contribution is 0.0729. The van der Waals surface area contributed by atoms with E-state index in [1.807, 2.05) is 4.72 Å². The first-order valence-corrected chi connectivity index (χ1v) is 13.1. The van der Waals surface area contributed by atoms with Gasteiger partial charge in [-0.25, -0.2) is 18.5 Å². The van der Waals surface area contributed by atoms with Crippen molar-refractivity contribution in [3.63, 3.8) is 0 Å². The third kappa shape index (κ3) is 5.47. The molecule has 1 saturated heterocycles. The topological polar surface area (TPSA) is 105 Å². The third-order valence-electron chi connectivity index (χ3n) is 6.22. The lowest BCUT2D eigenvalue weighted by atomic mass is 10.0. The van der Waals surface area contributed by atoms with Gasteiger partial charge in [-0.15, -0.1) is 0 Å². The van der Waals surface area contributed by atoms with E-state index in [1.54, 1.807) is 30.2 Å². The van der Waals surface area contributed by atoms with Gasteiger partial charge in [-0.2, -0.15) is 12.7 Å². The molecule has 13 heteroatoms. The Kier molecular flexibility index (Phi) is 7.55. The zero-order chi connectivity index (χ0) is 26.9. The molecule has 0 unspecified atom stereocenters. The molecule has 10 nitrogen and oxygen atoms in total. The summed E-state index contributed by atoms with van der Waals surface area (Å²) in [5.74, 6) is -0.866. The van der Waals surface area contributed by atoms with Crippen molar-refractivity contribution in [3.05, 3.63) is 65.8 Å². The number of nitrogens with one attached hydrogen (secondary N) is 1. The van der Waals surface area contributed by atoms with Gasteiger partial charge in [-0.1, -0.05) is 13.5 Å². The highest BCUT2D eigenvalue weighted by Crippen LogP contribution is 2.36. The van der Waals surface area contributed by atoms with Gasteiger partial charge in [-0.05, 0) is 19.1 Å². The minimum atomic E-state index is -4.02. The van der Waals surface area contributed by atoms with Crippen LogP contribution in [0.25, 0.3) is 5.65 Å². The number of halogens is 2. The SMILES string of the molecule is C=C(C1=C(/C=C(\C)F)OCCO1)[C@H]1C[C@H](F)CN1c1ccc2ncc(C(=O)NS(=O)(=O)N(C)CC)n2c1. The fourth-order valence-electron chi connectivity index (χ4n) is 4.25. The Labute approximate surface area is 214 Å². The lowest BCUT2D eigenvalue weighted by Crippen LogP contribution is -2.41. The first-order valence-electron chi connectivity index (χ1n) is 11.7. The number of amides is 1. The molecule has 0 saturated carbocycles. The Bertz CT molecular complexity index is 1380. The second-order valence-corrected chi connectivity index (χ2v) is 10.5. The van der Waals surface area contributed by atoms with Gasteiger partial charge in [0.1, 0.15) is 36.6 Å². The number of aromatic nitrogens is 2. The molecule has 200 valence electrons. The first kappa shape index (κ1) is 26.6. The predicted molar refractivity (Wildman–Crippen MR) is 133 cm³/mol. The number of rotatable bonds is 8. The van der Waals surface area contributed by atoms with Crippen molar-refractivity contribution < 1.29 is 31.5 Å². The quantitative estimate of drug-likeness (QED) is 0.552. The van der Waals surface area contributed by atoms with Gasteiger partial charge >= 0.3 is 10.2 Å². The summed E-state index contributed by atoms with van der Waals surface area (Å²) in [5, 5.41) is 0. The molecule has 2 aliphatic heterocycles. The lowest BCUT2D eigenvalue weighted by Gasteiger charge is -2.31. The number of hydrogen-bond acceptors (Lipinski definition) is 7. The van der Waals surface area contributed by atoms with Crippen molar-refractivity contribution in [2.45, 2.75) is 32.5 Å². The number of carbonyl (C=O) groups is 1.